The molecule has 0 saturated carbocycles. The number of aryl methyl sites for hydroxylation is 1. The summed E-state index contributed by atoms with van der Waals surface area (Å²) in [7, 11) is 0. The zero-order valence-corrected chi connectivity index (χ0v) is 7.25. The first kappa shape index (κ1) is 7.61. The minimum atomic E-state index is 0.321. The topological polar surface area (TPSA) is 57.9 Å². The van der Waals surface area contributed by atoms with Gasteiger partial charge in [-0.1, -0.05) is 0 Å². The number of aromatic amines is 1. The number of hydrogen-bond acceptors (Lipinski definition) is 3. The number of nitrogens with two attached hydrogens (primary N) is 1. The van der Waals surface area contributed by atoms with E-state index < -0.39 is 0 Å². The van der Waals surface area contributed by atoms with Gasteiger partial charge in [0.25, 0.3) is 0 Å². The molecule has 12 heavy (non-hydrogen) atoms. The fourth-order valence-electron chi connectivity index (χ4n) is 1.56. The number of hydrogen-bond donors (Lipinski definition) is 2. The zero-order valence-electron chi connectivity index (χ0n) is 7.25. The van der Waals surface area contributed by atoms with Gasteiger partial charge in [0.15, 0.2) is 5.82 Å². The van der Waals surface area contributed by atoms with Crippen LogP contribution >= 0.6 is 0 Å². The van der Waals surface area contributed by atoms with E-state index in [-0.39, 0.29) is 0 Å². The van der Waals surface area contributed by atoms with Gasteiger partial charge < -0.3 is 10.6 Å². The number of aromatic nitrogens is 2. The Kier molecular flexibility index (Phi) is 1.77. The molecule has 1 saturated heterocycles. The highest BCUT2D eigenvalue weighted by Gasteiger charge is 2.20. The van der Waals surface area contributed by atoms with E-state index >= 15 is 0 Å². The minimum absolute atomic E-state index is 0.321. The Hall–Kier alpha value is -1.03. The fourth-order valence-corrected chi connectivity index (χ4v) is 1.56. The summed E-state index contributed by atoms with van der Waals surface area (Å²) in [6.45, 7) is 3.97. The van der Waals surface area contributed by atoms with Crippen LogP contribution in [-0.2, 0) is 0 Å². The molecular formula is C8H14N4. The molecule has 1 aromatic heterocycles. The molecule has 0 spiro atoms. The lowest BCUT2D eigenvalue weighted by molar-refractivity contribution is 0.751. The molecule has 1 aliphatic rings. The third kappa shape index (κ3) is 1.30. The zero-order chi connectivity index (χ0) is 8.55. The van der Waals surface area contributed by atoms with E-state index in [0.717, 1.165) is 31.0 Å². The van der Waals surface area contributed by atoms with E-state index in [9.17, 15) is 0 Å². The van der Waals surface area contributed by atoms with Gasteiger partial charge in [0.2, 0.25) is 0 Å². The number of rotatable bonds is 1. The lowest BCUT2D eigenvalue weighted by atomic mass is 10.3. The van der Waals surface area contributed by atoms with E-state index in [1.807, 2.05) is 6.92 Å². The van der Waals surface area contributed by atoms with E-state index in [1.165, 1.54) is 0 Å². The molecule has 2 rings (SSSR count). The van der Waals surface area contributed by atoms with Crippen LogP contribution < -0.4 is 10.6 Å². The van der Waals surface area contributed by atoms with Crippen molar-refractivity contribution in [3.05, 3.63) is 11.8 Å². The van der Waals surface area contributed by atoms with Crippen molar-refractivity contribution < 1.29 is 0 Å². The molecule has 0 unspecified atom stereocenters. The molecule has 1 fully saturated rings. The van der Waals surface area contributed by atoms with Crippen molar-refractivity contribution in [3.63, 3.8) is 0 Å². The quantitative estimate of drug-likeness (QED) is 0.629. The molecule has 66 valence electrons. The Bertz CT molecular complexity index is 268. The number of nitrogens with zero attached hydrogens (tertiary/aromatic N) is 2. The summed E-state index contributed by atoms with van der Waals surface area (Å²) >= 11 is 0. The maximum atomic E-state index is 5.79. The van der Waals surface area contributed by atoms with Crippen LogP contribution in [0.4, 0.5) is 5.82 Å². The Morgan fingerprint density at radius 3 is 3.08 bits per heavy atom. The summed E-state index contributed by atoms with van der Waals surface area (Å²) in [5.41, 5.74) is 6.89. The van der Waals surface area contributed by atoms with Crippen LogP contribution in [0.15, 0.2) is 6.07 Å². The number of anilines is 1. The summed E-state index contributed by atoms with van der Waals surface area (Å²) in [6.07, 6.45) is 1.08. The van der Waals surface area contributed by atoms with Crippen LogP contribution in [0.25, 0.3) is 0 Å². The number of nitrogens with one attached hydrogen (secondary N) is 1. The molecule has 2 heterocycles. The van der Waals surface area contributed by atoms with E-state index in [4.69, 9.17) is 5.73 Å². The smallest absolute Gasteiger partial charge is 0.150 e. The van der Waals surface area contributed by atoms with Crippen molar-refractivity contribution in [2.24, 2.45) is 5.73 Å². The maximum Gasteiger partial charge on any atom is 0.150 e. The van der Waals surface area contributed by atoms with Crippen LogP contribution in [0.1, 0.15) is 12.1 Å². The monoisotopic (exact) mass is 166 g/mol. The lowest BCUT2D eigenvalue weighted by Gasteiger charge is -2.13. The summed E-state index contributed by atoms with van der Waals surface area (Å²) < 4.78 is 0. The van der Waals surface area contributed by atoms with Gasteiger partial charge in [-0.2, -0.15) is 5.10 Å². The first-order valence-electron chi connectivity index (χ1n) is 4.28. The molecular weight excluding hydrogens is 152 g/mol. The normalized spacial score (nSPS) is 23.5. The van der Waals surface area contributed by atoms with Gasteiger partial charge in [-0.25, -0.2) is 0 Å². The van der Waals surface area contributed by atoms with Crippen LogP contribution in [0.5, 0.6) is 0 Å². The number of H-pyrrole nitrogens is 1. The molecule has 4 heteroatoms. The second-order valence-corrected chi connectivity index (χ2v) is 3.40. The van der Waals surface area contributed by atoms with Gasteiger partial charge in [-0.15, -0.1) is 0 Å². The largest absolute Gasteiger partial charge is 0.354 e. The summed E-state index contributed by atoms with van der Waals surface area (Å²) in [6, 6.07) is 2.37. The molecule has 1 aromatic rings. The van der Waals surface area contributed by atoms with Crippen molar-refractivity contribution in [1.82, 2.24) is 10.2 Å². The first-order chi connectivity index (χ1) is 5.75. The van der Waals surface area contributed by atoms with Gasteiger partial charge in [0.05, 0.1) is 0 Å². The minimum Gasteiger partial charge on any atom is -0.354 e. The summed E-state index contributed by atoms with van der Waals surface area (Å²) in [4.78, 5) is 2.22. The second-order valence-electron chi connectivity index (χ2n) is 3.40. The Morgan fingerprint density at radius 1 is 1.75 bits per heavy atom. The van der Waals surface area contributed by atoms with Crippen molar-refractivity contribution in [2.45, 2.75) is 19.4 Å². The van der Waals surface area contributed by atoms with Gasteiger partial charge in [-0.05, 0) is 13.3 Å². The third-order valence-electron chi connectivity index (χ3n) is 2.24. The first-order valence-corrected chi connectivity index (χ1v) is 4.28. The van der Waals surface area contributed by atoms with Gasteiger partial charge in [-0.3, -0.25) is 5.10 Å². The van der Waals surface area contributed by atoms with Crippen molar-refractivity contribution in [1.29, 1.82) is 0 Å². The SMILES string of the molecule is Cc1cc(N2CC[C@@H](N)C2)n[nH]1. The molecule has 0 bridgehead atoms. The fraction of sp³-hybridized carbons (Fsp3) is 0.625. The standard InChI is InChI=1S/C8H14N4/c1-6-4-8(11-10-6)12-3-2-7(9)5-12/h4,7H,2-3,5,9H2,1H3,(H,10,11)/t7-/m1/s1. The summed E-state index contributed by atoms with van der Waals surface area (Å²) in [5, 5.41) is 7.11. The Morgan fingerprint density at radius 2 is 2.58 bits per heavy atom. The predicted octanol–water partition coefficient (Wildman–Crippen LogP) is 0.256. The summed E-state index contributed by atoms with van der Waals surface area (Å²) in [5.74, 6) is 1.03. The highest BCUT2D eigenvalue weighted by Crippen LogP contribution is 2.17. The van der Waals surface area contributed by atoms with Crippen LogP contribution in [0.3, 0.4) is 0 Å². The average molecular weight is 166 g/mol. The predicted molar refractivity (Wildman–Crippen MR) is 48.1 cm³/mol. The highest BCUT2D eigenvalue weighted by atomic mass is 15.3. The molecule has 3 N–H and O–H groups in total. The maximum absolute atomic E-state index is 5.79. The molecule has 0 aliphatic carbocycles. The average Bonchev–Trinajstić information content (AvgIpc) is 2.58. The lowest BCUT2D eigenvalue weighted by Crippen LogP contribution is -2.26. The van der Waals surface area contributed by atoms with E-state index in [0.29, 0.717) is 6.04 Å². The van der Waals surface area contributed by atoms with Gasteiger partial charge in [0, 0.05) is 30.9 Å². The van der Waals surface area contributed by atoms with Crippen LogP contribution in [0, 0.1) is 6.92 Å². The van der Waals surface area contributed by atoms with Gasteiger partial charge in [0.1, 0.15) is 0 Å². The molecule has 0 radical (unpaired) electrons. The Balaban J connectivity index is 2.11. The van der Waals surface area contributed by atoms with Crippen LogP contribution in [0.2, 0.25) is 0 Å². The molecule has 1 atom stereocenters. The molecule has 0 aromatic carbocycles. The van der Waals surface area contributed by atoms with E-state index in [2.05, 4.69) is 21.2 Å². The van der Waals surface area contributed by atoms with Crippen molar-refractivity contribution in [2.75, 3.05) is 18.0 Å². The molecule has 4 nitrogen and oxygen atoms in total. The Labute approximate surface area is 71.7 Å². The highest BCUT2D eigenvalue weighted by molar-refractivity contribution is 5.40. The van der Waals surface area contributed by atoms with Crippen LogP contribution in [-0.4, -0.2) is 29.3 Å². The molecule has 0 amide bonds. The molecule has 1 aliphatic heterocycles. The van der Waals surface area contributed by atoms with Crippen molar-refractivity contribution in [3.8, 4) is 0 Å². The van der Waals surface area contributed by atoms with Gasteiger partial charge >= 0.3 is 0 Å². The second kappa shape index (κ2) is 2.79. The third-order valence-corrected chi connectivity index (χ3v) is 2.24. The van der Waals surface area contributed by atoms with E-state index in [1.54, 1.807) is 0 Å². The van der Waals surface area contributed by atoms with Crippen molar-refractivity contribution >= 4 is 5.82 Å².